The quantitative estimate of drug-likeness (QED) is 0.0563. The van der Waals surface area contributed by atoms with Crippen molar-refractivity contribution in [2.24, 2.45) is 0 Å². The molecule has 0 fully saturated rings. The van der Waals surface area contributed by atoms with Gasteiger partial charge in [0.15, 0.2) is 0 Å². The normalized spacial score (nSPS) is 12.3. The summed E-state index contributed by atoms with van der Waals surface area (Å²) in [5.74, 6) is -0.681. The number of ether oxygens (including phenoxy) is 1. The molecule has 0 radical (unpaired) electrons. The van der Waals surface area contributed by atoms with Crippen LogP contribution in [0.3, 0.4) is 0 Å². The Morgan fingerprint density at radius 2 is 0.947 bits per heavy atom. The van der Waals surface area contributed by atoms with Crippen molar-refractivity contribution in [3.05, 3.63) is 12.2 Å². The molecule has 0 aromatic carbocycles. The molecule has 0 bridgehead atoms. The molecule has 0 aromatic rings. The maximum atomic E-state index is 12.5. The van der Waals surface area contributed by atoms with Crippen molar-refractivity contribution in [1.29, 1.82) is 0 Å². The van der Waals surface area contributed by atoms with Crippen molar-refractivity contribution in [3.63, 3.8) is 0 Å². The van der Waals surface area contributed by atoms with E-state index in [1.165, 1.54) is 103 Å². The second-order valence-electron chi connectivity index (χ2n) is 11.3. The van der Waals surface area contributed by atoms with Crippen LogP contribution in [0.15, 0.2) is 12.2 Å². The van der Waals surface area contributed by atoms with Crippen LogP contribution in [0, 0.1) is 0 Å². The molecular formula is C34H64O4. The van der Waals surface area contributed by atoms with Crippen LogP contribution in [-0.2, 0) is 14.3 Å². The number of hydrogen-bond donors (Lipinski definition) is 1. The first-order valence-corrected chi connectivity index (χ1v) is 16.7. The summed E-state index contributed by atoms with van der Waals surface area (Å²) in [5, 5.41) is 8.71. The molecule has 0 aliphatic carbocycles. The second kappa shape index (κ2) is 30.2. The number of carboxylic acid groups (broad SMARTS) is 1. The van der Waals surface area contributed by atoms with Crippen LogP contribution in [0.4, 0.5) is 0 Å². The van der Waals surface area contributed by atoms with Crippen molar-refractivity contribution < 1.29 is 19.4 Å². The zero-order valence-corrected chi connectivity index (χ0v) is 25.5. The number of carbonyl (C=O) groups excluding carboxylic acids is 1. The van der Waals surface area contributed by atoms with Crippen molar-refractivity contribution in [1.82, 2.24) is 0 Å². The Kier molecular flexibility index (Phi) is 29.2. The van der Waals surface area contributed by atoms with Gasteiger partial charge in [0, 0.05) is 12.8 Å². The van der Waals surface area contributed by atoms with E-state index in [4.69, 9.17) is 9.84 Å². The minimum atomic E-state index is -0.688. The predicted molar refractivity (Wildman–Crippen MR) is 163 cm³/mol. The summed E-state index contributed by atoms with van der Waals surface area (Å²) in [5.41, 5.74) is 0. The molecule has 0 amide bonds. The Balaban J connectivity index is 3.93. The molecule has 1 unspecified atom stereocenters. The van der Waals surface area contributed by atoms with Gasteiger partial charge in [0.25, 0.3) is 0 Å². The molecule has 0 heterocycles. The third-order valence-electron chi connectivity index (χ3n) is 7.49. The highest BCUT2D eigenvalue weighted by atomic mass is 16.5. The second-order valence-corrected chi connectivity index (χ2v) is 11.3. The lowest BCUT2D eigenvalue weighted by molar-refractivity contribution is -0.150. The Hall–Kier alpha value is -1.32. The predicted octanol–water partition coefficient (Wildman–Crippen LogP) is 11.1. The average molecular weight is 537 g/mol. The Morgan fingerprint density at radius 3 is 1.45 bits per heavy atom. The van der Waals surface area contributed by atoms with E-state index in [0.717, 1.165) is 57.8 Å². The summed E-state index contributed by atoms with van der Waals surface area (Å²) in [6, 6.07) is 0. The van der Waals surface area contributed by atoms with Gasteiger partial charge in [-0.05, 0) is 64.2 Å². The standard InChI is InChI=1S/C34H64O4/c1-3-5-7-9-10-11-12-13-14-15-19-23-27-31-34(37)38-32(28-24-20-8-6-4-2)29-25-21-17-16-18-22-26-30-33(35)36/h11-12,32H,3-10,13-31H2,1-2H3,(H,35,36)/b12-11-. The molecule has 0 rings (SSSR count). The van der Waals surface area contributed by atoms with Crippen LogP contribution >= 0.6 is 0 Å². The lowest BCUT2D eigenvalue weighted by Crippen LogP contribution is -2.18. The SMILES string of the molecule is CCCCCC/C=C\CCCCCCCC(=O)OC(CCCCCCC)CCCCCCCCCC(=O)O. The van der Waals surface area contributed by atoms with Gasteiger partial charge in [-0.2, -0.15) is 0 Å². The van der Waals surface area contributed by atoms with Crippen LogP contribution in [0.2, 0.25) is 0 Å². The highest BCUT2D eigenvalue weighted by Crippen LogP contribution is 2.18. The number of carbonyl (C=O) groups is 2. The maximum absolute atomic E-state index is 12.5. The molecular weight excluding hydrogens is 472 g/mol. The fourth-order valence-corrected chi connectivity index (χ4v) is 5.00. The van der Waals surface area contributed by atoms with Crippen LogP contribution < -0.4 is 0 Å². The molecule has 224 valence electrons. The molecule has 4 nitrogen and oxygen atoms in total. The van der Waals surface area contributed by atoms with Crippen LogP contribution in [0.1, 0.15) is 187 Å². The van der Waals surface area contributed by atoms with E-state index in [0.29, 0.717) is 12.8 Å². The molecule has 0 spiro atoms. The molecule has 38 heavy (non-hydrogen) atoms. The van der Waals surface area contributed by atoms with Gasteiger partial charge >= 0.3 is 11.9 Å². The van der Waals surface area contributed by atoms with Crippen molar-refractivity contribution in [2.45, 2.75) is 193 Å². The van der Waals surface area contributed by atoms with E-state index in [1.807, 2.05) is 0 Å². The van der Waals surface area contributed by atoms with Crippen LogP contribution in [0.5, 0.6) is 0 Å². The monoisotopic (exact) mass is 536 g/mol. The summed E-state index contributed by atoms with van der Waals surface area (Å²) in [7, 11) is 0. The molecule has 0 saturated carbocycles. The number of carboxylic acids is 1. The molecule has 4 heteroatoms. The molecule has 0 aliphatic heterocycles. The van der Waals surface area contributed by atoms with Crippen molar-refractivity contribution >= 4 is 11.9 Å². The summed E-state index contributed by atoms with van der Waals surface area (Å²) < 4.78 is 5.94. The third kappa shape index (κ3) is 29.2. The first kappa shape index (κ1) is 36.7. The van der Waals surface area contributed by atoms with E-state index in [-0.39, 0.29) is 12.1 Å². The Labute approximate surface area is 236 Å². The van der Waals surface area contributed by atoms with Crippen molar-refractivity contribution in [2.75, 3.05) is 0 Å². The first-order valence-electron chi connectivity index (χ1n) is 16.7. The fourth-order valence-electron chi connectivity index (χ4n) is 5.00. The minimum Gasteiger partial charge on any atom is -0.481 e. The summed E-state index contributed by atoms with van der Waals surface area (Å²) >= 11 is 0. The molecule has 1 atom stereocenters. The van der Waals surface area contributed by atoms with Crippen LogP contribution in [0.25, 0.3) is 0 Å². The average Bonchev–Trinajstić information content (AvgIpc) is 2.89. The maximum Gasteiger partial charge on any atom is 0.306 e. The summed E-state index contributed by atoms with van der Waals surface area (Å²) in [6.07, 6.45) is 35.1. The van der Waals surface area contributed by atoms with Gasteiger partial charge in [-0.1, -0.05) is 122 Å². The van der Waals surface area contributed by atoms with Gasteiger partial charge < -0.3 is 9.84 Å². The molecule has 0 saturated heterocycles. The largest absolute Gasteiger partial charge is 0.481 e. The van der Waals surface area contributed by atoms with Crippen molar-refractivity contribution in [3.8, 4) is 0 Å². The van der Waals surface area contributed by atoms with E-state index < -0.39 is 5.97 Å². The number of unbranched alkanes of at least 4 members (excludes halogenated alkanes) is 19. The number of aliphatic carboxylic acids is 1. The van der Waals surface area contributed by atoms with E-state index in [1.54, 1.807) is 0 Å². The van der Waals surface area contributed by atoms with E-state index >= 15 is 0 Å². The van der Waals surface area contributed by atoms with Gasteiger partial charge in [-0.3, -0.25) is 9.59 Å². The zero-order valence-electron chi connectivity index (χ0n) is 25.5. The van der Waals surface area contributed by atoms with E-state index in [9.17, 15) is 9.59 Å². The van der Waals surface area contributed by atoms with Gasteiger partial charge in [0.05, 0.1) is 0 Å². The van der Waals surface area contributed by atoms with Gasteiger partial charge in [-0.25, -0.2) is 0 Å². The smallest absolute Gasteiger partial charge is 0.306 e. The number of allylic oxidation sites excluding steroid dienone is 2. The minimum absolute atomic E-state index is 0.00740. The molecule has 1 N–H and O–H groups in total. The molecule has 0 aromatic heterocycles. The first-order chi connectivity index (χ1) is 18.6. The van der Waals surface area contributed by atoms with Gasteiger partial charge in [-0.15, -0.1) is 0 Å². The highest BCUT2D eigenvalue weighted by Gasteiger charge is 2.14. The number of hydrogen-bond acceptors (Lipinski definition) is 3. The number of esters is 1. The van der Waals surface area contributed by atoms with Crippen LogP contribution in [-0.4, -0.2) is 23.1 Å². The van der Waals surface area contributed by atoms with Gasteiger partial charge in [0.2, 0.25) is 0 Å². The zero-order chi connectivity index (χ0) is 27.9. The Morgan fingerprint density at radius 1 is 0.553 bits per heavy atom. The number of rotatable bonds is 30. The summed E-state index contributed by atoms with van der Waals surface area (Å²) in [4.78, 5) is 23.1. The lowest BCUT2D eigenvalue weighted by atomic mass is 10.0. The molecule has 0 aliphatic rings. The highest BCUT2D eigenvalue weighted by molar-refractivity contribution is 5.69. The third-order valence-corrected chi connectivity index (χ3v) is 7.49. The fraction of sp³-hybridized carbons (Fsp3) is 0.882. The summed E-state index contributed by atoms with van der Waals surface area (Å²) in [6.45, 7) is 4.50. The topological polar surface area (TPSA) is 63.6 Å². The lowest BCUT2D eigenvalue weighted by Gasteiger charge is -2.18. The Bertz CT molecular complexity index is 543. The van der Waals surface area contributed by atoms with E-state index in [2.05, 4.69) is 26.0 Å². The van der Waals surface area contributed by atoms with Gasteiger partial charge in [0.1, 0.15) is 6.10 Å².